The van der Waals surface area contributed by atoms with Crippen LogP contribution in [0.5, 0.6) is 0 Å². The molecule has 1 atom stereocenters. The van der Waals surface area contributed by atoms with Gasteiger partial charge in [-0.15, -0.1) is 23.7 Å². The van der Waals surface area contributed by atoms with Gasteiger partial charge in [0.25, 0.3) is 15.9 Å². The Hall–Kier alpha value is -2.26. The monoisotopic (exact) mass is 601 g/mol. The van der Waals surface area contributed by atoms with Gasteiger partial charge < -0.3 is 14.8 Å². The van der Waals surface area contributed by atoms with Gasteiger partial charge >= 0.3 is 0 Å². The second kappa shape index (κ2) is 10.7. The minimum absolute atomic E-state index is 0. The third kappa shape index (κ3) is 5.16. The number of halogens is 2. The lowest BCUT2D eigenvalue weighted by molar-refractivity contribution is -0.134. The zero-order chi connectivity index (χ0) is 26.6. The van der Waals surface area contributed by atoms with Crippen molar-refractivity contribution >= 4 is 68.1 Å². The predicted molar refractivity (Wildman–Crippen MR) is 148 cm³/mol. The van der Waals surface area contributed by atoms with Crippen LogP contribution in [-0.2, 0) is 27.9 Å². The van der Waals surface area contributed by atoms with Crippen molar-refractivity contribution in [2.45, 2.75) is 24.2 Å². The van der Waals surface area contributed by atoms with Crippen LogP contribution in [0.25, 0.3) is 10.9 Å². The summed E-state index contributed by atoms with van der Waals surface area (Å²) in [7, 11) is 3.15. The van der Waals surface area contributed by atoms with Crippen LogP contribution in [0.3, 0.4) is 0 Å². The van der Waals surface area contributed by atoms with Gasteiger partial charge in [-0.25, -0.2) is 23.4 Å². The average Bonchev–Trinajstić information content (AvgIpc) is 3.47. The molecule has 5 rings (SSSR count). The number of hydrogen-bond donors (Lipinski definition) is 1. The smallest absolute Gasteiger partial charge is 0.283 e. The lowest BCUT2D eigenvalue weighted by Gasteiger charge is -2.40. The Morgan fingerprint density at radius 1 is 1.13 bits per heavy atom. The molecule has 4 heterocycles. The number of hydrazine groups is 1. The topological polar surface area (TPSA) is 113 Å². The van der Waals surface area contributed by atoms with Gasteiger partial charge in [0, 0.05) is 75.2 Å². The summed E-state index contributed by atoms with van der Waals surface area (Å²) in [6.45, 7) is 1.21. The minimum Gasteiger partial charge on any atom is -0.347 e. The van der Waals surface area contributed by atoms with Gasteiger partial charge in [0.05, 0.1) is 12.2 Å². The van der Waals surface area contributed by atoms with E-state index in [1.165, 1.54) is 31.5 Å². The number of nitrogens with one attached hydrogen (secondary N) is 1. The molecule has 0 radical (unpaired) electrons. The van der Waals surface area contributed by atoms with Gasteiger partial charge in [-0.3, -0.25) is 9.59 Å². The fourth-order valence-corrected chi connectivity index (χ4v) is 7.30. The molecule has 2 aromatic heterocycles. The van der Waals surface area contributed by atoms with Crippen LogP contribution >= 0.6 is 35.3 Å². The molecule has 2 aliphatic rings. The van der Waals surface area contributed by atoms with E-state index in [9.17, 15) is 18.0 Å². The van der Waals surface area contributed by atoms with Gasteiger partial charge in [0.15, 0.2) is 5.01 Å². The minimum atomic E-state index is -3.96. The Labute approximate surface area is 236 Å². The summed E-state index contributed by atoms with van der Waals surface area (Å²) in [4.78, 5) is 38.1. The number of carbonyl (C=O) groups excluding carboxylic acids is 2. The molecule has 0 spiro atoms. The number of amides is 2. The van der Waals surface area contributed by atoms with Crippen LogP contribution < -0.4 is 0 Å². The second-order valence-corrected chi connectivity index (χ2v) is 12.9. The summed E-state index contributed by atoms with van der Waals surface area (Å²) in [5, 5.41) is 5.58. The molecule has 206 valence electrons. The highest BCUT2D eigenvalue weighted by Gasteiger charge is 2.42. The van der Waals surface area contributed by atoms with E-state index in [2.05, 4.69) is 15.0 Å². The van der Waals surface area contributed by atoms with Gasteiger partial charge in [0.1, 0.15) is 11.1 Å². The number of rotatable bonds is 4. The Bertz CT molecular complexity index is 1460. The molecule has 1 fully saturated rings. The highest BCUT2D eigenvalue weighted by Crippen LogP contribution is 2.29. The van der Waals surface area contributed by atoms with E-state index in [1.54, 1.807) is 32.3 Å². The summed E-state index contributed by atoms with van der Waals surface area (Å²) in [6.07, 6.45) is 0. The van der Waals surface area contributed by atoms with Crippen LogP contribution in [0.1, 0.15) is 20.4 Å². The summed E-state index contributed by atoms with van der Waals surface area (Å²) >= 11 is 7.38. The Kier molecular flexibility index (Phi) is 8.11. The molecule has 1 aromatic carbocycles. The normalized spacial score (nSPS) is 19.3. The number of aromatic amines is 1. The van der Waals surface area contributed by atoms with Crippen molar-refractivity contribution in [1.29, 1.82) is 0 Å². The molecule has 1 N–H and O–H groups in total. The molecule has 0 saturated carbocycles. The van der Waals surface area contributed by atoms with E-state index < -0.39 is 16.1 Å². The maximum Gasteiger partial charge on any atom is 0.283 e. The van der Waals surface area contributed by atoms with Crippen molar-refractivity contribution in [1.82, 2.24) is 34.1 Å². The first-order valence-electron chi connectivity index (χ1n) is 11.7. The summed E-state index contributed by atoms with van der Waals surface area (Å²) in [5.41, 5.74) is 1.49. The maximum atomic E-state index is 13.6. The number of nitrogens with zero attached hydrogens (tertiary/aromatic N) is 6. The third-order valence-corrected chi connectivity index (χ3v) is 9.89. The number of H-pyrrole nitrogens is 1. The zero-order valence-electron chi connectivity index (χ0n) is 21.3. The molecule has 2 aliphatic heterocycles. The molecular weight excluding hydrogens is 573 g/mol. The summed E-state index contributed by atoms with van der Waals surface area (Å²) in [6, 6.07) is 5.64. The lowest BCUT2D eigenvalue weighted by Crippen LogP contribution is -2.61. The van der Waals surface area contributed by atoms with Crippen LogP contribution in [-0.4, -0.2) is 108 Å². The summed E-state index contributed by atoms with van der Waals surface area (Å²) < 4.78 is 28.3. The Morgan fingerprint density at radius 2 is 1.84 bits per heavy atom. The molecule has 0 aliphatic carbocycles. The average molecular weight is 603 g/mol. The van der Waals surface area contributed by atoms with Gasteiger partial charge in [-0.05, 0) is 24.3 Å². The quantitative estimate of drug-likeness (QED) is 0.487. The number of benzene rings is 1. The van der Waals surface area contributed by atoms with E-state index in [0.717, 1.165) is 10.6 Å². The number of thiazole rings is 1. The number of piperazine rings is 1. The standard InChI is InChI=1S/C23H28ClN7O4S2.ClH/c1-27(2)22(32)18-12-30(37(34,35)20-10-14-9-15(24)5-6-16(14)25-20)7-8-31(18)23(33)21-26-17-11-28(3)29(4)13-19(17)36-21;/h5-6,9-10,18,25H,7-8,11-13H2,1-4H3;1H. The van der Waals surface area contributed by atoms with E-state index >= 15 is 0 Å². The molecule has 1 saturated heterocycles. The maximum absolute atomic E-state index is 13.6. The molecule has 38 heavy (non-hydrogen) atoms. The van der Waals surface area contributed by atoms with E-state index in [4.69, 9.17) is 11.6 Å². The van der Waals surface area contributed by atoms with E-state index in [0.29, 0.717) is 34.0 Å². The highest BCUT2D eigenvalue weighted by atomic mass is 35.5. The van der Waals surface area contributed by atoms with Crippen molar-refractivity contribution in [2.75, 3.05) is 47.8 Å². The van der Waals surface area contributed by atoms with Crippen LogP contribution in [0.4, 0.5) is 0 Å². The fraction of sp³-hybridized carbons (Fsp3) is 0.435. The molecular formula is C23H29Cl2N7O4S2. The largest absolute Gasteiger partial charge is 0.347 e. The molecule has 0 bridgehead atoms. The molecule has 2 amide bonds. The number of aromatic nitrogens is 2. The van der Waals surface area contributed by atoms with E-state index in [-0.39, 0.29) is 48.9 Å². The van der Waals surface area contributed by atoms with Gasteiger partial charge in [0.2, 0.25) is 5.91 Å². The second-order valence-electron chi connectivity index (χ2n) is 9.50. The van der Waals surface area contributed by atoms with Crippen LogP contribution in [0.15, 0.2) is 29.3 Å². The Morgan fingerprint density at radius 3 is 2.55 bits per heavy atom. The predicted octanol–water partition coefficient (Wildman–Crippen LogP) is 2.10. The van der Waals surface area contributed by atoms with E-state index in [1.807, 2.05) is 19.1 Å². The first kappa shape index (κ1) is 28.7. The number of carbonyl (C=O) groups is 2. The van der Waals surface area contributed by atoms with Gasteiger partial charge in [-0.1, -0.05) is 11.6 Å². The van der Waals surface area contributed by atoms with Crippen LogP contribution in [0, 0.1) is 0 Å². The number of fused-ring (bicyclic) bond motifs is 2. The number of likely N-dealkylation sites (N-methyl/N-ethyl adjacent to an activating group) is 1. The third-order valence-electron chi connectivity index (χ3n) is 6.80. The first-order chi connectivity index (χ1) is 17.5. The molecule has 15 heteroatoms. The fourth-order valence-electron chi connectivity index (χ4n) is 4.59. The van der Waals surface area contributed by atoms with Crippen molar-refractivity contribution in [3.63, 3.8) is 0 Å². The van der Waals surface area contributed by atoms with Crippen molar-refractivity contribution in [3.8, 4) is 0 Å². The van der Waals surface area contributed by atoms with Crippen molar-refractivity contribution < 1.29 is 18.0 Å². The molecule has 1 unspecified atom stereocenters. The SMILES string of the molecule is CN(C)C(=O)C1CN(S(=O)(=O)c2cc3cc(Cl)ccc3[nH]2)CCN1C(=O)c1nc2c(s1)CN(C)N(C)C2.Cl. The highest BCUT2D eigenvalue weighted by molar-refractivity contribution is 7.89. The molecule has 11 nitrogen and oxygen atoms in total. The summed E-state index contributed by atoms with van der Waals surface area (Å²) in [5.74, 6) is -0.709. The number of sulfonamides is 1. The van der Waals surface area contributed by atoms with Crippen molar-refractivity contribution in [2.24, 2.45) is 0 Å². The van der Waals surface area contributed by atoms with Gasteiger partial charge in [-0.2, -0.15) is 4.31 Å². The molecule has 3 aromatic rings. The van der Waals surface area contributed by atoms with Crippen LogP contribution in [0.2, 0.25) is 5.02 Å². The zero-order valence-corrected chi connectivity index (χ0v) is 24.5. The van der Waals surface area contributed by atoms with Crippen molar-refractivity contribution in [3.05, 3.63) is 44.9 Å². The lowest BCUT2D eigenvalue weighted by atomic mass is 10.1. The first-order valence-corrected chi connectivity index (χ1v) is 14.3. The number of hydrogen-bond acceptors (Lipinski definition) is 8. The Balaban J connectivity index is 0.00000336.